The van der Waals surface area contributed by atoms with Crippen LogP contribution in [-0.4, -0.2) is 22.6 Å². The molecule has 0 fully saturated rings. The van der Waals surface area contributed by atoms with E-state index in [1.165, 1.54) is 10.9 Å². The average Bonchev–Trinajstić information content (AvgIpc) is 2.78. The Balaban J connectivity index is 2.25. The maximum Gasteiger partial charge on any atom is 0.240 e. The molecule has 1 aromatic carbocycles. The molecule has 0 bridgehead atoms. The van der Waals surface area contributed by atoms with Gasteiger partial charge < -0.3 is 15.2 Å². The van der Waals surface area contributed by atoms with Crippen LogP contribution in [0, 0.1) is 0 Å². The summed E-state index contributed by atoms with van der Waals surface area (Å²) in [7, 11) is 0. The van der Waals surface area contributed by atoms with Crippen LogP contribution in [0.4, 0.5) is 0 Å². The minimum absolute atomic E-state index is 0.0400. The normalized spacial score (nSPS) is 11.8. The van der Waals surface area contributed by atoms with Gasteiger partial charge in [0, 0.05) is 18.3 Å². The van der Waals surface area contributed by atoms with Gasteiger partial charge in [-0.15, -0.1) is 0 Å². The number of rotatable bonds is 5. The Bertz CT molecular complexity index is 622. The molecule has 2 rings (SSSR count). The zero-order valence-electron chi connectivity index (χ0n) is 13.4. The molecule has 0 spiro atoms. The molecule has 2 N–H and O–H groups in total. The van der Waals surface area contributed by atoms with Crippen LogP contribution in [0.15, 0.2) is 30.5 Å². The van der Waals surface area contributed by atoms with Gasteiger partial charge in [-0.25, -0.2) is 0 Å². The van der Waals surface area contributed by atoms with Crippen molar-refractivity contribution in [2.24, 2.45) is 0 Å². The standard InChI is InChI=1S/C17H25N3O/c1-5-18-11-14-8-6-7-13-9-10-20(16(13)14)12-15(21)19-17(2,3)4/h6-10,18H,5,11-12H2,1-4H3,(H,19,21). The van der Waals surface area contributed by atoms with E-state index < -0.39 is 0 Å². The average molecular weight is 287 g/mol. The van der Waals surface area contributed by atoms with Crippen LogP contribution >= 0.6 is 0 Å². The number of para-hydroxylation sites is 1. The predicted molar refractivity (Wildman–Crippen MR) is 87.2 cm³/mol. The molecule has 0 aliphatic carbocycles. The van der Waals surface area contributed by atoms with E-state index in [-0.39, 0.29) is 11.4 Å². The Labute approximate surface area is 126 Å². The highest BCUT2D eigenvalue weighted by molar-refractivity contribution is 5.86. The highest BCUT2D eigenvalue weighted by Crippen LogP contribution is 2.20. The van der Waals surface area contributed by atoms with Gasteiger partial charge in [-0.05, 0) is 44.3 Å². The Morgan fingerprint density at radius 1 is 1.24 bits per heavy atom. The number of fused-ring (bicyclic) bond motifs is 1. The van der Waals surface area contributed by atoms with E-state index in [1.54, 1.807) is 0 Å². The lowest BCUT2D eigenvalue weighted by Crippen LogP contribution is -2.42. The molecule has 4 nitrogen and oxygen atoms in total. The summed E-state index contributed by atoms with van der Waals surface area (Å²) in [6, 6.07) is 8.33. The summed E-state index contributed by atoms with van der Waals surface area (Å²) in [5, 5.41) is 7.54. The van der Waals surface area contributed by atoms with Crippen LogP contribution in [0.1, 0.15) is 33.3 Å². The van der Waals surface area contributed by atoms with Gasteiger partial charge in [0.1, 0.15) is 6.54 Å². The third-order valence-corrected chi connectivity index (χ3v) is 3.27. The van der Waals surface area contributed by atoms with Crippen molar-refractivity contribution in [1.82, 2.24) is 15.2 Å². The van der Waals surface area contributed by atoms with Gasteiger partial charge in [-0.3, -0.25) is 4.79 Å². The third-order valence-electron chi connectivity index (χ3n) is 3.27. The zero-order valence-corrected chi connectivity index (χ0v) is 13.4. The van der Waals surface area contributed by atoms with E-state index >= 15 is 0 Å². The lowest BCUT2D eigenvalue weighted by molar-refractivity contribution is -0.123. The van der Waals surface area contributed by atoms with Gasteiger partial charge in [0.05, 0.1) is 5.52 Å². The number of carbonyl (C=O) groups excluding carboxylic acids is 1. The number of hydrogen-bond acceptors (Lipinski definition) is 2. The number of amides is 1. The molecule has 0 aliphatic rings. The number of carbonyl (C=O) groups is 1. The first-order valence-electron chi connectivity index (χ1n) is 7.49. The summed E-state index contributed by atoms with van der Waals surface area (Å²) >= 11 is 0. The molecule has 1 heterocycles. The summed E-state index contributed by atoms with van der Waals surface area (Å²) in [4.78, 5) is 12.1. The van der Waals surface area contributed by atoms with Crippen molar-refractivity contribution >= 4 is 16.8 Å². The molecule has 0 unspecified atom stereocenters. The summed E-state index contributed by atoms with van der Waals surface area (Å²) in [5.74, 6) is 0.0400. The number of hydrogen-bond donors (Lipinski definition) is 2. The van der Waals surface area contributed by atoms with Gasteiger partial charge in [-0.1, -0.05) is 25.1 Å². The van der Waals surface area contributed by atoms with E-state index in [0.29, 0.717) is 6.54 Å². The Hall–Kier alpha value is -1.81. The minimum atomic E-state index is -0.202. The topological polar surface area (TPSA) is 46.1 Å². The monoisotopic (exact) mass is 287 g/mol. The minimum Gasteiger partial charge on any atom is -0.350 e. The van der Waals surface area contributed by atoms with Crippen molar-refractivity contribution in [2.45, 2.75) is 46.3 Å². The van der Waals surface area contributed by atoms with Crippen LogP contribution in [0.3, 0.4) is 0 Å². The van der Waals surface area contributed by atoms with Crippen molar-refractivity contribution in [3.8, 4) is 0 Å². The lowest BCUT2D eigenvalue weighted by atomic mass is 10.1. The quantitative estimate of drug-likeness (QED) is 0.888. The molecule has 4 heteroatoms. The van der Waals surface area contributed by atoms with E-state index in [0.717, 1.165) is 18.6 Å². The SMILES string of the molecule is CCNCc1cccc2ccn(CC(=O)NC(C)(C)C)c12. The Kier molecular flexibility index (Phi) is 4.68. The fraction of sp³-hybridized carbons (Fsp3) is 0.471. The zero-order chi connectivity index (χ0) is 15.5. The summed E-state index contributed by atoms with van der Waals surface area (Å²) in [6.07, 6.45) is 1.99. The molecule has 1 amide bonds. The molecule has 0 saturated carbocycles. The smallest absolute Gasteiger partial charge is 0.240 e. The second-order valence-corrected chi connectivity index (χ2v) is 6.38. The Morgan fingerprint density at radius 2 is 2.00 bits per heavy atom. The molecule has 0 atom stereocenters. The molecular formula is C17H25N3O. The third kappa shape index (κ3) is 4.08. The molecule has 0 aliphatic heterocycles. The molecular weight excluding hydrogens is 262 g/mol. The van der Waals surface area contributed by atoms with Gasteiger partial charge in [0.25, 0.3) is 0 Å². The van der Waals surface area contributed by atoms with E-state index in [9.17, 15) is 4.79 Å². The molecule has 2 aromatic rings. The van der Waals surface area contributed by atoms with Gasteiger partial charge in [0.15, 0.2) is 0 Å². The first-order valence-corrected chi connectivity index (χ1v) is 7.49. The predicted octanol–water partition coefficient (Wildman–Crippen LogP) is 2.67. The van der Waals surface area contributed by atoms with Crippen LogP contribution in [-0.2, 0) is 17.9 Å². The Morgan fingerprint density at radius 3 is 2.67 bits per heavy atom. The first kappa shape index (κ1) is 15.6. The number of nitrogens with zero attached hydrogens (tertiary/aromatic N) is 1. The second-order valence-electron chi connectivity index (χ2n) is 6.38. The van der Waals surface area contributed by atoms with Crippen LogP contribution in [0.2, 0.25) is 0 Å². The molecule has 21 heavy (non-hydrogen) atoms. The highest BCUT2D eigenvalue weighted by Gasteiger charge is 2.15. The molecule has 0 radical (unpaired) electrons. The first-order chi connectivity index (χ1) is 9.90. The summed E-state index contributed by atoms with van der Waals surface area (Å²) < 4.78 is 2.03. The second kappa shape index (κ2) is 6.31. The number of benzene rings is 1. The highest BCUT2D eigenvalue weighted by atomic mass is 16.2. The van der Waals surface area contributed by atoms with E-state index in [1.807, 2.05) is 31.5 Å². The largest absolute Gasteiger partial charge is 0.350 e. The van der Waals surface area contributed by atoms with Crippen molar-refractivity contribution in [3.05, 3.63) is 36.0 Å². The van der Waals surface area contributed by atoms with Crippen molar-refractivity contribution in [1.29, 1.82) is 0 Å². The molecule has 1 aromatic heterocycles. The lowest BCUT2D eigenvalue weighted by Gasteiger charge is -2.21. The van der Waals surface area contributed by atoms with Gasteiger partial charge >= 0.3 is 0 Å². The van der Waals surface area contributed by atoms with Crippen LogP contribution < -0.4 is 10.6 Å². The van der Waals surface area contributed by atoms with Gasteiger partial charge in [0.2, 0.25) is 5.91 Å². The molecule has 114 valence electrons. The van der Waals surface area contributed by atoms with Crippen molar-refractivity contribution in [2.75, 3.05) is 6.54 Å². The maximum absolute atomic E-state index is 12.1. The van der Waals surface area contributed by atoms with Crippen molar-refractivity contribution < 1.29 is 4.79 Å². The fourth-order valence-electron chi connectivity index (χ4n) is 2.49. The molecule has 0 saturated heterocycles. The van der Waals surface area contributed by atoms with E-state index in [2.05, 4.69) is 41.8 Å². The van der Waals surface area contributed by atoms with E-state index in [4.69, 9.17) is 0 Å². The van der Waals surface area contributed by atoms with Gasteiger partial charge in [-0.2, -0.15) is 0 Å². The maximum atomic E-state index is 12.1. The number of aromatic nitrogens is 1. The summed E-state index contributed by atoms with van der Waals surface area (Å²) in [5.41, 5.74) is 2.16. The fourth-order valence-corrected chi connectivity index (χ4v) is 2.49. The van der Waals surface area contributed by atoms with Crippen molar-refractivity contribution in [3.63, 3.8) is 0 Å². The van der Waals surface area contributed by atoms with Crippen LogP contribution in [0.5, 0.6) is 0 Å². The summed E-state index contributed by atoms with van der Waals surface area (Å²) in [6.45, 7) is 10.2. The van der Waals surface area contributed by atoms with Crippen LogP contribution in [0.25, 0.3) is 10.9 Å². The number of nitrogens with one attached hydrogen (secondary N) is 2.